The van der Waals surface area contributed by atoms with Gasteiger partial charge in [-0.3, -0.25) is 4.90 Å². The van der Waals surface area contributed by atoms with Gasteiger partial charge in [-0.25, -0.2) is 4.98 Å². The van der Waals surface area contributed by atoms with Gasteiger partial charge in [0.25, 0.3) is 0 Å². The summed E-state index contributed by atoms with van der Waals surface area (Å²) in [5.74, 6) is 1.80. The Labute approximate surface area is 115 Å². The lowest BCUT2D eigenvalue weighted by atomic mass is 10.2. The summed E-state index contributed by atoms with van der Waals surface area (Å²) in [6.45, 7) is 7.72. The highest BCUT2D eigenvalue weighted by Gasteiger charge is 2.29. The maximum Gasteiger partial charge on any atom is 0.224 e. The van der Waals surface area contributed by atoms with E-state index in [0.717, 1.165) is 37.4 Å². The van der Waals surface area contributed by atoms with Gasteiger partial charge in [0.15, 0.2) is 0 Å². The Balaban J connectivity index is 1.65. The quantitative estimate of drug-likeness (QED) is 0.891. The van der Waals surface area contributed by atoms with Crippen LogP contribution in [0.1, 0.15) is 26.2 Å². The van der Waals surface area contributed by atoms with Crippen molar-refractivity contribution < 1.29 is 0 Å². The lowest BCUT2D eigenvalue weighted by Gasteiger charge is -2.24. The molecule has 0 spiro atoms. The molecule has 2 saturated heterocycles. The van der Waals surface area contributed by atoms with E-state index in [0.29, 0.717) is 0 Å². The second-order valence-corrected chi connectivity index (χ2v) is 5.40. The second kappa shape index (κ2) is 5.74. The molecule has 19 heavy (non-hydrogen) atoms. The first-order valence-corrected chi connectivity index (χ1v) is 7.42. The van der Waals surface area contributed by atoms with E-state index in [1.54, 1.807) is 0 Å². The highest BCUT2D eigenvalue weighted by atomic mass is 15.3. The molecule has 2 fully saturated rings. The van der Waals surface area contributed by atoms with Crippen molar-refractivity contribution in [3.8, 4) is 0 Å². The van der Waals surface area contributed by atoms with Crippen LogP contribution in [0.2, 0.25) is 0 Å². The Morgan fingerprint density at radius 1 is 1.32 bits per heavy atom. The number of nitrogens with zero attached hydrogens (tertiary/aromatic N) is 4. The topological polar surface area (TPSA) is 44.3 Å². The van der Waals surface area contributed by atoms with Crippen molar-refractivity contribution >= 4 is 11.8 Å². The van der Waals surface area contributed by atoms with Gasteiger partial charge in [-0.15, -0.1) is 0 Å². The van der Waals surface area contributed by atoms with Crippen molar-refractivity contribution in [2.45, 2.75) is 32.2 Å². The predicted octanol–water partition coefficient (Wildman–Crippen LogP) is 1.58. The summed E-state index contributed by atoms with van der Waals surface area (Å²) >= 11 is 0. The number of aromatic nitrogens is 2. The fourth-order valence-electron chi connectivity index (χ4n) is 3.12. The highest BCUT2D eigenvalue weighted by Crippen LogP contribution is 2.24. The first kappa shape index (κ1) is 12.7. The number of likely N-dealkylation sites (tertiary alicyclic amines) is 1. The van der Waals surface area contributed by atoms with Gasteiger partial charge in [0.05, 0.1) is 0 Å². The number of hydrogen-bond acceptors (Lipinski definition) is 5. The van der Waals surface area contributed by atoms with Gasteiger partial charge in [0.2, 0.25) is 5.95 Å². The van der Waals surface area contributed by atoms with Crippen LogP contribution in [0.4, 0.5) is 11.8 Å². The summed E-state index contributed by atoms with van der Waals surface area (Å²) in [5.41, 5.74) is 0. The monoisotopic (exact) mass is 261 g/mol. The number of hydrogen-bond donors (Lipinski definition) is 1. The van der Waals surface area contributed by atoms with E-state index in [1.807, 2.05) is 12.3 Å². The molecular formula is C14H23N5. The lowest BCUT2D eigenvalue weighted by Crippen LogP contribution is -2.35. The van der Waals surface area contributed by atoms with Gasteiger partial charge in [-0.2, -0.15) is 4.98 Å². The van der Waals surface area contributed by atoms with Crippen LogP contribution in [-0.4, -0.2) is 53.6 Å². The molecule has 1 aromatic heterocycles. The van der Waals surface area contributed by atoms with E-state index in [4.69, 9.17) is 0 Å². The summed E-state index contributed by atoms with van der Waals surface area (Å²) in [6.07, 6.45) is 5.85. The molecule has 104 valence electrons. The Kier molecular flexibility index (Phi) is 3.82. The first-order valence-electron chi connectivity index (χ1n) is 7.42. The SMILES string of the molecule is CCNc1nccc(N2CCC(N3CCCC3)C2)n1. The third-order valence-electron chi connectivity index (χ3n) is 4.12. The third kappa shape index (κ3) is 2.81. The van der Waals surface area contributed by atoms with E-state index < -0.39 is 0 Å². The molecule has 0 aliphatic carbocycles. The molecule has 5 nitrogen and oxygen atoms in total. The fraction of sp³-hybridized carbons (Fsp3) is 0.714. The van der Waals surface area contributed by atoms with Crippen molar-refractivity contribution in [1.29, 1.82) is 0 Å². The summed E-state index contributed by atoms with van der Waals surface area (Å²) in [6, 6.07) is 2.74. The number of nitrogens with one attached hydrogen (secondary N) is 1. The van der Waals surface area contributed by atoms with Crippen LogP contribution in [0, 0.1) is 0 Å². The van der Waals surface area contributed by atoms with Crippen LogP contribution < -0.4 is 10.2 Å². The average molecular weight is 261 g/mol. The molecule has 3 rings (SSSR count). The molecule has 0 amide bonds. The summed E-state index contributed by atoms with van der Waals surface area (Å²) < 4.78 is 0. The summed E-state index contributed by atoms with van der Waals surface area (Å²) in [4.78, 5) is 13.9. The molecule has 5 heteroatoms. The molecule has 2 aliphatic rings. The zero-order valence-corrected chi connectivity index (χ0v) is 11.7. The highest BCUT2D eigenvalue weighted by molar-refractivity contribution is 5.43. The smallest absolute Gasteiger partial charge is 0.224 e. The summed E-state index contributed by atoms with van der Waals surface area (Å²) in [5, 5.41) is 3.18. The van der Waals surface area contributed by atoms with Crippen molar-refractivity contribution in [2.24, 2.45) is 0 Å². The average Bonchev–Trinajstić information content (AvgIpc) is 3.11. The van der Waals surface area contributed by atoms with E-state index in [1.165, 1.54) is 32.4 Å². The molecule has 0 radical (unpaired) electrons. The Morgan fingerprint density at radius 3 is 2.95 bits per heavy atom. The van der Waals surface area contributed by atoms with Crippen LogP contribution in [0.3, 0.4) is 0 Å². The molecule has 1 N–H and O–H groups in total. The fourth-order valence-corrected chi connectivity index (χ4v) is 3.12. The van der Waals surface area contributed by atoms with Crippen LogP contribution in [0.25, 0.3) is 0 Å². The molecular weight excluding hydrogens is 238 g/mol. The van der Waals surface area contributed by atoms with Crippen molar-refractivity contribution in [3.63, 3.8) is 0 Å². The normalized spacial score (nSPS) is 24.1. The molecule has 1 atom stereocenters. The maximum atomic E-state index is 4.59. The van der Waals surface area contributed by atoms with Crippen molar-refractivity contribution in [3.05, 3.63) is 12.3 Å². The molecule has 2 aliphatic heterocycles. The van der Waals surface area contributed by atoms with Gasteiger partial charge >= 0.3 is 0 Å². The maximum absolute atomic E-state index is 4.59. The van der Waals surface area contributed by atoms with E-state index in [-0.39, 0.29) is 0 Å². The van der Waals surface area contributed by atoms with Gasteiger partial charge in [-0.1, -0.05) is 0 Å². The zero-order valence-electron chi connectivity index (χ0n) is 11.7. The zero-order chi connectivity index (χ0) is 13.1. The van der Waals surface area contributed by atoms with Crippen LogP contribution in [0.15, 0.2) is 12.3 Å². The van der Waals surface area contributed by atoms with E-state index in [2.05, 4.69) is 32.0 Å². The summed E-state index contributed by atoms with van der Waals surface area (Å²) in [7, 11) is 0. The van der Waals surface area contributed by atoms with Gasteiger partial charge in [-0.05, 0) is 45.3 Å². The van der Waals surface area contributed by atoms with Crippen LogP contribution >= 0.6 is 0 Å². The number of anilines is 2. The van der Waals surface area contributed by atoms with Gasteiger partial charge in [0.1, 0.15) is 5.82 Å². The minimum Gasteiger partial charge on any atom is -0.355 e. The molecule has 1 aromatic rings. The first-order chi connectivity index (χ1) is 9.36. The van der Waals surface area contributed by atoms with Crippen molar-refractivity contribution in [2.75, 3.05) is 42.9 Å². The second-order valence-electron chi connectivity index (χ2n) is 5.40. The Hall–Kier alpha value is -1.36. The Morgan fingerprint density at radius 2 is 2.16 bits per heavy atom. The van der Waals surface area contributed by atoms with E-state index >= 15 is 0 Å². The molecule has 0 aromatic carbocycles. The Bertz CT molecular complexity index is 416. The molecule has 1 unspecified atom stereocenters. The minimum atomic E-state index is 0.722. The standard InChI is InChI=1S/C14H23N5/c1-2-15-14-16-7-5-13(17-14)19-10-6-12(11-19)18-8-3-4-9-18/h5,7,12H,2-4,6,8-11H2,1H3,(H,15,16,17). The molecule has 3 heterocycles. The largest absolute Gasteiger partial charge is 0.355 e. The van der Waals surface area contributed by atoms with Crippen LogP contribution in [0.5, 0.6) is 0 Å². The van der Waals surface area contributed by atoms with Crippen LogP contribution in [-0.2, 0) is 0 Å². The predicted molar refractivity (Wildman–Crippen MR) is 77.6 cm³/mol. The van der Waals surface area contributed by atoms with Gasteiger partial charge < -0.3 is 10.2 Å². The lowest BCUT2D eigenvalue weighted by molar-refractivity contribution is 0.260. The van der Waals surface area contributed by atoms with E-state index in [9.17, 15) is 0 Å². The van der Waals surface area contributed by atoms with Crippen molar-refractivity contribution in [1.82, 2.24) is 14.9 Å². The van der Waals surface area contributed by atoms with Gasteiger partial charge in [0, 0.05) is 31.9 Å². The molecule has 0 saturated carbocycles. The minimum absolute atomic E-state index is 0.722. The third-order valence-corrected chi connectivity index (χ3v) is 4.12. The molecule has 0 bridgehead atoms. The number of rotatable bonds is 4.